The van der Waals surface area contributed by atoms with Crippen molar-refractivity contribution in [3.63, 3.8) is 0 Å². The number of aromatic nitrogens is 1. The molecule has 0 bridgehead atoms. The second kappa shape index (κ2) is 6.29. The van der Waals surface area contributed by atoms with Crippen molar-refractivity contribution >= 4 is 23.6 Å². The number of oxazole rings is 1. The molecule has 0 aliphatic heterocycles. The number of hydrogen-bond acceptors (Lipinski definition) is 5. The molecule has 0 saturated carbocycles. The third kappa shape index (κ3) is 4.48. The number of aliphatic carboxylic acids is 1. The quantitative estimate of drug-likeness (QED) is 0.784. The standard InChI is InChI=1S/C10H14N2O4S/c1-6-8(11-5-16-6)3-17-4-9(10(14)15)12-7(2)13/h5,9H,3-4H2,1-2H3,(H,12,13)(H,14,15)/t9-/m0/s1. The minimum absolute atomic E-state index is 0.293. The first-order chi connectivity index (χ1) is 8.00. The van der Waals surface area contributed by atoms with Crippen LogP contribution in [0.4, 0.5) is 0 Å². The van der Waals surface area contributed by atoms with Gasteiger partial charge in [-0.1, -0.05) is 0 Å². The Hall–Kier alpha value is -1.50. The van der Waals surface area contributed by atoms with Gasteiger partial charge in [0.25, 0.3) is 0 Å². The molecule has 1 heterocycles. The molecule has 2 N–H and O–H groups in total. The summed E-state index contributed by atoms with van der Waals surface area (Å²) in [7, 11) is 0. The van der Waals surface area contributed by atoms with Crippen LogP contribution in [0.25, 0.3) is 0 Å². The third-order valence-corrected chi connectivity index (χ3v) is 3.09. The molecular weight excluding hydrogens is 244 g/mol. The molecule has 6 nitrogen and oxygen atoms in total. The SMILES string of the molecule is CC(=O)N[C@@H](CSCc1ncoc1C)C(=O)O. The number of carboxylic acids is 1. The van der Waals surface area contributed by atoms with Crippen LogP contribution in [0.1, 0.15) is 18.4 Å². The number of thioether (sulfide) groups is 1. The Balaban J connectivity index is 2.40. The number of nitrogens with one attached hydrogen (secondary N) is 1. The van der Waals surface area contributed by atoms with Crippen LogP contribution in [-0.2, 0) is 15.3 Å². The zero-order valence-corrected chi connectivity index (χ0v) is 10.4. The Morgan fingerprint density at radius 2 is 2.35 bits per heavy atom. The lowest BCUT2D eigenvalue weighted by molar-refractivity contribution is -0.140. The highest BCUT2D eigenvalue weighted by Crippen LogP contribution is 2.15. The number of amides is 1. The summed E-state index contributed by atoms with van der Waals surface area (Å²) >= 11 is 1.39. The molecule has 0 unspecified atom stereocenters. The van der Waals surface area contributed by atoms with Crippen LogP contribution in [0.5, 0.6) is 0 Å². The van der Waals surface area contributed by atoms with E-state index in [1.807, 2.05) is 0 Å². The van der Waals surface area contributed by atoms with Crippen molar-refractivity contribution in [3.8, 4) is 0 Å². The van der Waals surface area contributed by atoms with Crippen LogP contribution >= 0.6 is 11.8 Å². The number of hydrogen-bond donors (Lipinski definition) is 2. The van der Waals surface area contributed by atoms with Crippen molar-refractivity contribution in [2.24, 2.45) is 0 Å². The van der Waals surface area contributed by atoms with Gasteiger partial charge in [-0.3, -0.25) is 4.79 Å². The maximum Gasteiger partial charge on any atom is 0.327 e. The summed E-state index contributed by atoms with van der Waals surface area (Å²) in [5.74, 6) is 0.191. The van der Waals surface area contributed by atoms with Gasteiger partial charge in [-0.05, 0) is 6.92 Å². The van der Waals surface area contributed by atoms with Gasteiger partial charge in [-0.2, -0.15) is 11.8 Å². The second-order valence-electron chi connectivity index (χ2n) is 3.46. The Kier molecular flexibility index (Phi) is 5.02. The minimum atomic E-state index is -1.04. The molecule has 0 spiro atoms. The minimum Gasteiger partial charge on any atom is -0.480 e. The zero-order chi connectivity index (χ0) is 12.8. The molecule has 17 heavy (non-hydrogen) atoms. The van der Waals surface area contributed by atoms with Crippen molar-refractivity contribution < 1.29 is 19.1 Å². The van der Waals surface area contributed by atoms with Crippen molar-refractivity contribution in [3.05, 3.63) is 17.8 Å². The normalized spacial score (nSPS) is 12.1. The average Bonchev–Trinajstić information content (AvgIpc) is 2.62. The maximum atomic E-state index is 10.8. The van der Waals surface area contributed by atoms with E-state index in [0.29, 0.717) is 11.5 Å². The zero-order valence-electron chi connectivity index (χ0n) is 9.60. The lowest BCUT2D eigenvalue weighted by Crippen LogP contribution is -2.41. The Morgan fingerprint density at radius 3 is 2.82 bits per heavy atom. The summed E-state index contributed by atoms with van der Waals surface area (Å²) in [6, 6.07) is -0.871. The van der Waals surface area contributed by atoms with Crippen molar-refractivity contribution in [1.29, 1.82) is 0 Å². The largest absolute Gasteiger partial charge is 0.480 e. The smallest absolute Gasteiger partial charge is 0.327 e. The van der Waals surface area contributed by atoms with Crippen LogP contribution in [0, 0.1) is 6.92 Å². The van der Waals surface area contributed by atoms with Gasteiger partial charge in [-0.25, -0.2) is 9.78 Å². The highest BCUT2D eigenvalue weighted by molar-refractivity contribution is 7.98. The van der Waals surface area contributed by atoms with Crippen LogP contribution in [0.15, 0.2) is 10.8 Å². The maximum absolute atomic E-state index is 10.8. The molecule has 0 radical (unpaired) electrons. The second-order valence-corrected chi connectivity index (χ2v) is 4.49. The fourth-order valence-corrected chi connectivity index (χ4v) is 2.21. The van der Waals surface area contributed by atoms with Crippen molar-refractivity contribution in [2.45, 2.75) is 25.6 Å². The lowest BCUT2D eigenvalue weighted by Gasteiger charge is -2.12. The summed E-state index contributed by atoms with van der Waals surface area (Å²) in [6.45, 7) is 3.09. The first-order valence-electron chi connectivity index (χ1n) is 4.97. The van der Waals surface area contributed by atoms with E-state index in [4.69, 9.17) is 9.52 Å². The fourth-order valence-electron chi connectivity index (χ4n) is 1.16. The summed E-state index contributed by atoms with van der Waals surface area (Å²) in [5.41, 5.74) is 0.793. The van der Waals surface area contributed by atoms with E-state index < -0.39 is 12.0 Å². The van der Waals surface area contributed by atoms with E-state index in [9.17, 15) is 9.59 Å². The predicted molar refractivity (Wildman–Crippen MR) is 62.6 cm³/mol. The summed E-state index contributed by atoms with van der Waals surface area (Å²) in [6.07, 6.45) is 1.35. The Bertz CT molecular complexity index is 405. The van der Waals surface area contributed by atoms with Crippen LogP contribution in [0.2, 0.25) is 0 Å². The first kappa shape index (κ1) is 13.6. The number of nitrogens with zero attached hydrogens (tertiary/aromatic N) is 1. The number of carbonyl (C=O) groups is 2. The molecule has 1 atom stereocenters. The summed E-state index contributed by atoms with van der Waals surface area (Å²) < 4.78 is 5.02. The summed E-state index contributed by atoms with van der Waals surface area (Å²) in [5, 5.41) is 11.2. The molecule has 1 amide bonds. The van der Waals surface area contributed by atoms with E-state index in [0.717, 1.165) is 11.5 Å². The van der Waals surface area contributed by atoms with Crippen molar-refractivity contribution in [1.82, 2.24) is 10.3 Å². The van der Waals surface area contributed by atoms with Gasteiger partial charge >= 0.3 is 5.97 Å². The van der Waals surface area contributed by atoms with E-state index >= 15 is 0 Å². The Labute approximate surface area is 103 Å². The van der Waals surface area contributed by atoms with Crippen LogP contribution < -0.4 is 5.32 Å². The number of rotatable bonds is 6. The van der Waals surface area contributed by atoms with Gasteiger partial charge in [0.2, 0.25) is 5.91 Å². The van der Waals surface area contributed by atoms with E-state index in [2.05, 4.69) is 10.3 Å². The Morgan fingerprint density at radius 1 is 1.65 bits per heavy atom. The molecule has 94 valence electrons. The van der Waals surface area contributed by atoms with E-state index in [1.54, 1.807) is 6.92 Å². The number of aryl methyl sites for hydroxylation is 1. The van der Waals surface area contributed by atoms with Crippen LogP contribution in [0.3, 0.4) is 0 Å². The lowest BCUT2D eigenvalue weighted by atomic mass is 10.3. The molecule has 1 aromatic heterocycles. The van der Waals surface area contributed by atoms with Crippen molar-refractivity contribution in [2.75, 3.05) is 5.75 Å². The summed E-state index contributed by atoms with van der Waals surface area (Å²) in [4.78, 5) is 25.6. The number of carbonyl (C=O) groups excluding carboxylic acids is 1. The molecule has 1 rings (SSSR count). The monoisotopic (exact) mass is 258 g/mol. The third-order valence-electron chi connectivity index (χ3n) is 2.04. The highest BCUT2D eigenvalue weighted by atomic mass is 32.2. The molecular formula is C10H14N2O4S. The molecule has 0 aliphatic rings. The molecule has 0 aromatic carbocycles. The van der Waals surface area contributed by atoms with Gasteiger partial charge in [0, 0.05) is 18.4 Å². The highest BCUT2D eigenvalue weighted by Gasteiger charge is 2.18. The van der Waals surface area contributed by atoms with Gasteiger partial charge < -0.3 is 14.8 Å². The number of carboxylic acid groups (broad SMARTS) is 1. The fraction of sp³-hybridized carbons (Fsp3) is 0.500. The van der Waals surface area contributed by atoms with Gasteiger partial charge in [0.1, 0.15) is 11.8 Å². The van der Waals surface area contributed by atoms with E-state index in [1.165, 1.54) is 25.1 Å². The van der Waals surface area contributed by atoms with E-state index in [-0.39, 0.29) is 5.91 Å². The molecule has 7 heteroatoms. The molecule has 0 fully saturated rings. The molecule has 0 aliphatic carbocycles. The molecule has 0 saturated heterocycles. The average molecular weight is 258 g/mol. The van der Waals surface area contributed by atoms with Gasteiger partial charge in [0.15, 0.2) is 6.39 Å². The predicted octanol–water partition coefficient (Wildman–Crippen LogP) is 0.806. The first-order valence-corrected chi connectivity index (χ1v) is 6.12. The van der Waals surface area contributed by atoms with Gasteiger partial charge in [0.05, 0.1) is 5.69 Å². The molecule has 1 aromatic rings. The van der Waals surface area contributed by atoms with Gasteiger partial charge in [-0.15, -0.1) is 0 Å². The van der Waals surface area contributed by atoms with Crippen LogP contribution in [-0.4, -0.2) is 33.8 Å². The topological polar surface area (TPSA) is 92.4 Å².